The fourth-order valence-corrected chi connectivity index (χ4v) is 5.36. The van der Waals surface area contributed by atoms with Gasteiger partial charge in [0.2, 0.25) is 5.95 Å². The van der Waals surface area contributed by atoms with Crippen molar-refractivity contribution >= 4 is 40.5 Å². The van der Waals surface area contributed by atoms with Crippen LogP contribution in [0.25, 0.3) is 11.0 Å². The molecule has 1 aromatic heterocycles. The third-order valence-electron chi connectivity index (χ3n) is 7.47. The van der Waals surface area contributed by atoms with Crippen LogP contribution < -0.4 is 15.5 Å². The number of hydrogen-bond donors (Lipinski definition) is 2. The quantitative estimate of drug-likeness (QED) is 0.558. The molecule has 0 spiro atoms. The summed E-state index contributed by atoms with van der Waals surface area (Å²) in [6.45, 7) is 5.06. The zero-order valence-electron chi connectivity index (χ0n) is 20.8. The number of fused-ring (bicyclic) bond motifs is 5. The maximum absolute atomic E-state index is 13.4. The molecule has 37 heavy (non-hydrogen) atoms. The van der Waals surface area contributed by atoms with Crippen molar-refractivity contribution in [2.24, 2.45) is 0 Å². The van der Waals surface area contributed by atoms with Crippen LogP contribution in [0.1, 0.15) is 52.9 Å². The number of carbonyl (C=O) groups excluding carboxylic acids is 3. The molecule has 6 rings (SSSR count). The number of rotatable bonds is 2. The van der Waals surface area contributed by atoms with Crippen molar-refractivity contribution in [2.75, 3.05) is 43.1 Å². The Bertz CT molecular complexity index is 1380. The SMILES string of the molecule is CC1CCCCNC(=O)c2cccc(c2)C(=O)Nc2nc3cccc(N4CCN(C5COC5)C4=O)c3n21. The molecule has 2 N–H and O–H groups in total. The Labute approximate surface area is 214 Å². The largest absolute Gasteiger partial charge is 0.377 e. The second-order valence-corrected chi connectivity index (χ2v) is 9.90. The summed E-state index contributed by atoms with van der Waals surface area (Å²) in [6.07, 6.45) is 2.54. The molecule has 0 aliphatic carbocycles. The van der Waals surface area contributed by atoms with E-state index in [0.29, 0.717) is 55.4 Å². The Hall–Kier alpha value is -3.92. The van der Waals surface area contributed by atoms with Gasteiger partial charge in [-0.05, 0) is 56.5 Å². The fourth-order valence-electron chi connectivity index (χ4n) is 5.36. The van der Waals surface area contributed by atoms with Crippen LogP contribution in [0.3, 0.4) is 0 Å². The van der Waals surface area contributed by atoms with Gasteiger partial charge >= 0.3 is 6.03 Å². The lowest BCUT2D eigenvalue weighted by Crippen LogP contribution is -2.50. The first-order valence-corrected chi connectivity index (χ1v) is 12.9. The van der Waals surface area contributed by atoms with Crippen molar-refractivity contribution in [3.63, 3.8) is 0 Å². The highest BCUT2D eigenvalue weighted by Crippen LogP contribution is 2.36. The van der Waals surface area contributed by atoms with Gasteiger partial charge in [-0.1, -0.05) is 12.1 Å². The number of ether oxygens (including phenoxy) is 1. The molecule has 10 heteroatoms. The normalized spacial score (nSPS) is 21.3. The molecule has 2 fully saturated rings. The highest BCUT2D eigenvalue weighted by atomic mass is 16.5. The summed E-state index contributed by atoms with van der Waals surface area (Å²) < 4.78 is 7.36. The molecule has 192 valence electrons. The van der Waals surface area contributed by atoms with Crippen LogP contribution in [0, 0.1) is 0 Å². The standard InChI is InChI=1S/C27H30N6O4/c1-17-6-2-3-11-28-24(34)18-7-4-8-19(14-18)25(35)30-26-29-21-9-5-10-22(23(21)33(17)26)32-13-12-31(27(32)36)20-15-37-16-20/h4-5,7-10,14,17,20H,2-3,6,11-13,15-16H2,1H3,(H,28,34)(H,29,30,35). The predicted octanol–water partition coefficient (Wildman–Crippen LogP) is 3.40. The van der Waals surface area contributed by atoms with E-state index in [4.69, 9.17) is 9.72 Å². The molecule has 4 heterocycles. The number of urea groups is 1. The number of amides is 4. The zero-order chi connectivity index (χ0) is 25.5. The summed E-state index contributed by atoms with van der Waals surface area (Å²) >= 11 is 0. The molecule has 1 atom stereocenters. The number of para-hydroxylation sites is 1. The number of aromatic nitrogens is 2. The van der Waals surface area contributed by atoms with E-state index in [1.165, 1.54) is 0 Å². The van der Waals surface area contributed by atoms with Crippen LogP contribution in [0.2, 0.25) is 0 Å². The van der Waals surface area contributed by atoms with Gasteiger partial charge in [0, 0.05) is 36.8 Å². The Balaban J connectivity index is 1.42. The first-order chi connectivity index (χ1) is 18.0. The van der Waals surface area contributed by atoms with Gasteiger partial charge in [-0.15, -0.1) is 0 Å². The van der Waals surface area contributed by atoms with E-state index in [0.717, 1.165) is 30.5 Å². The molecule has 3 aromatic rings. The summed E-state index contributed by atoms with van der Waals surface area (Å²) in [5.41, 5.74) is 3.17. The van der Waals surface area contributed by atoms with E-state index in [1.807, 2.05) is 28.0 Å². The lowest BCUT2D eigenvalue weighted by Gasteiger charge is -2.34. The van der Waals surface area contributed by atoms with E-state index in [1.54, 1.807) is 24.3 Å². The zero-order valence-corrected chi connectivity index (χ0v) is 20.8. The van der Waals surface area contributed by atoms with Gasteiger partial charge in [0.05, 0.1) is 36.0 Å². The van der Waals surface area contributed by atoms with Gasteiger partial charge in [0.25, 0.3) is 11.8 Å². The molecule has 2 saturated heterocycles. The Morgan fingerprint density at radius 3 is 2.54 bits per heavy atom. The van der Waals surface area contributed by atoms with Gasteiger partial charge in [0.1, 0.15) is 0 Å². The van der Waals surface area contributed by atoms with E-state index in [-0.39, 0.29) is 29.9 Å². The molecule has 3 aliphatic heterocycles. The minimum atomic E-state index is -0.342. The molecule has 2 aromatic carbocycles. The number of imidazole rings is 1. The van der Waals surface area contributed by atoms with E-state index in [9.17, 15) is 14.4 Å². The average Bonchev–Trinajstić information content (AvgIpc) is 3.42. The summed E-state index contributed by atoms with van der Waals surface area (Å²) in [4.78, 5) is 47.7. The van der Waals surface area contributed by atoms with Crippen molar-refractivity contribution in [1.82, 2.24) is 19.8 Å². The molecule has 1 unspecified atom stereocenters. The molecule has 3 aliphatic rings. The number of benzene rings is 2. The van der Waals surface area contributed by atoms with Crippen molar-refractivity contribution < 1.29 is 19.1 Å². The maximum Gasteiger partial charge on any atom is 0.325 e. The lowest BCUT2D eigenvalue weighted by molar-refractivity contribution is -0.0433. The van der Waals surface area contributed by atoms with E-state index >= 15 is 0 Å². The van der Waals surface area contributed by atoms with Crippen LogP contribution in [0.5, 0.6) is 0 Å². The minimum absolute atomic E-state index is 0.000247. The summed E-state index contributed by atoms with van der Waals surface area (Å²) in [7, 11) is 0. The van der Waals surface area contributed by atoms with Crippen LogP contribution in [0.4, 0.5) is 16.4 Å². The van der Waals surface area contributed by atoms with Crippen LogP contribution in [-0.2, 0) is 4.74 Å². The molecular formula is C27H30N6O4. The second-order valence-electron chi connectivity index (χ2n) is 9.90. The minimum Gasteiger partial charge on any atom is -0.377 e. The van der Waals surface area contributed by atoms with Crippen LogP contribution in [-0.4, -0.2) is 71.2 Å². The topological polar surface area (TPSA) is 109 Å². The van der Waals surface area contributed by atoms with E-state index < -0.39 is 0 Å². The van der Waals surface area contributed by atoms with Crippen LogP contribution >= 0.6 is 0 Å². The first kappa shape index (κ1) is 23.5. The highest BCUT2D eigenvalue weighted by Gasteiger charge is 2.39. The maximum atomic E-state index is 13.4. The van der Waals surface area contributed by atoms with Crippen molar-refractivity contribution in [2.45, 2.75) is 38.3 Å². The first-order valence-electron chi connectivity index (χ1n) is 12.9. The molecule has 2 bridgehead atoms. The van der Waals surface area contributed by atoms with Crippen molar-refractivity contribution in [3.05, 3.63) is 53.6 Å². The average molecular weight is 503 g/mol. The van der Waals surface area contributed by atoms with Gasteiger partial charge in [0.15, 0.2) is 0 Å². The van der Waals surface area contributed by atoms with Crippen molar-refractivity contribution in [1.29, 1.82) is 0 Å². The van der Waals surface area contributed by atoms with E-state index in [2.05, 4.69) is 22.1 Å². The lowest BCUT2D eigenvalue weighted by atomic mass is 10.1. The number of nitrogens with one attached hydrogen (secondary N) is 2. The summed E-state index contributed by atoms with van der Waals surface area (Å²) in [6, 6.07) is 12.6. The number of carbonyl (C=O) groups is 3. The fraction of sp³-hybridized carbons (Fsp3) is 0.407. The third kappa shape index (κ3) is 4.21. The smallest absolute Gasteiger partial charge is 0.325 e. The van der Waals surface area contributed by atoms with Crippen LogP contribution in [0.15, 0.2) is 42.5 Å². The molecule has 10 nitrogen and oxygen atoms in total. The van der Waals surface area contributed by atoms with Crippen molar-refractivity contribution in [3.8, 4) is 0 Å². The molecule has 0 saturated carbocycles. The molecule has 4 amide bonds. The predicted molar refractivity (Wildman–Crippen MR) is 139 cm³/mol. The number of anilines is 2. The number of nitrogens with zero attached hydrogens (tertiary/aromatic N) is 4. The molecule has 0 radical (unpaired) electrons. The van der Waals surface area contributed by atoms with Gasteiger partial charge in [-0.3, -0.25) is 19.8 Å². The van der Waals surface area contributed by atoms with Gasteiger partial charge < -0.3 is 19.5 Å². The van der Waals surface area contributed by atoms with Gasteiger partial charge in [-0.25, -0.2) is 9.78 Å². The Kier molecular flexibility index (Phi) is 6.03. The second kappa shape index (κ2) is 9.51. The Morgan fingerprint density at radius 2 is 1.76 bits per heavy atom. The Morgan fingerprint density at radius 1 is 0.973 bits per heavy atom. The monoisotopic (exact) mass is 502 g/mol. The highest BCUT2D eigenvalue weighted by molar-refractivity contribution is 6.07. The molecular weight excluding hydrogens is 472 g/mol. The summed E-state index contributed by atoms with van der Waals surface area (Å²) in [5.74, 6) is -0.0948. The number of hydrogen-bond acceptors (Lipinski definition) is 5. The summed E-state index contributed by atoms with van der Waals surface area (Å²) in [5, 5.41) is 5.93. The third-order valence-corrected chi connectivity index (χ3v) is 7.47. The van der Waals surface area contributed by atoms with Gasteiger partial charge in [-0.2, -0.15) is 0 Å².